The van der Waals surface area contributed by atoms with Gasteiger partial charge in [0.05, 0.1) is 32.3 Å². The van der Waals surface area contributed by atoms with Crippen LogP contribution < -0.4 is 9.64 Å². The Morgan fingerprint density at radius 2 is 1.68 bits per heavy atom. The Labute approximate surface area is 145 Å². The van der Waals surface area contributed by atoms with E-state index in [1.807, 2.05) is 0 Å². The van der Waals surface area contributed by atoms with E-state index in [0.717, 1.165) is 0 Å². The summed E-state index contributed by atoms with van der Waals surface area (Å²) in [5, 5.41) is 0. The summed E-state index contributed by atoms with van der Waals surface area (Å²) in [5.41, 5.74) is 0.689. The van der Waals surface area contributed by atoms with Crippen LogP contribution in [0.25, 0.3) is 0 Å². The third-order valence-corrected chi connectivity index (χ3v) is 4.84. The first kappa shape index (κ1) is 17.4. The first-order chi connectivity index (χ1) is 12.0. The number of esters is 1. The molecule has 1 aromatic carbocycles. The molecule has 0 bridgehead atoms. The molecule has 2 saturated heterocycles. The molecule has 1 unspecified atom stereocenters. The van der Waals surface area contributed by atoms with E-state index < -0.39 is 23.9 Å². The normalized spacial score (nSPS) is 30.5. The number of likely N-dealkylation sites (N-methyl/N-ethyl adjacent to an activating group) is 1. The SMILES string of the molecule is COC(=O)C(=O)[C@@H]1[C@H]([C@H]2[C@@H](OC)C(=O)N2c2ccc(OC)cc2)N1C. The maximum Gasteiger partial charge on any atom is 0.376 e. The molecule has 5 atom stereocenters. The number of carbonyl (C=O) groups is 3. The maximum atomic E-state index is 12.4. The van der Waals surface area contributed by atoms with Crippen molar-refractivity contribution in [3.05, 3.63) is 24.3 Å². The van der Waals surface area contributed by atoms with Gasteiger partial charge in [0.2, 0.25) is 0 Å². The molecule has 1 amide bonds. The third-order valence-electron chi connectivity index (χ3n) is 4.84. The van der Waals surface area contributed by atoms with Gasteiger partial charge in [-0.1, -0.05) is 0 Å². The van der Waals surface area contributed by atoms with Crippen molar-refractivity contribution >= 4 is 23.3 Å². The molecule has 8 nitrogen and oxygen atoms in total. The first-order valence-corrected chi connectivity index (χ1v) is 7.80. The number of ether oxygens (including phenoxy) is 3. The molecule has 2 aliphatic heterocycles. The molecule has 0 N–H and O–H groups in total. The topological polar surface area (TPSA) is 85.2 Å². The lowest BCUT2D eigenvalue weighted by Gasteiger charge is -2.46. The quantitative estimate of drug-likeness (QED) is 0.306. The van der Waals surface area contributed by atoms with E-state index in [2.05, 4.69) is 4.74 Å². The highest BCUT2D eigenvalue weighted by molar-refractivity contribution is 6.36. The van der Waals surface area contributed by atoms with E-state index in [4.69, 9.17) is 9.47 Å². The van der Waals surface area contributed by atoms with Crippen molar-refractivity contribution in [2.75, 3.05) is 33.3 Å². The molecule has 8 heteroatoms. The molecule has 0 aromatic heterocycles. The van der Waals surface area contributed by atoms with Crippen LogP contribution in [0.2, 0.25) is 0 Å². The molecular weight excluding hydrogens is 328 g/mol. The summed E-state index contributed by atoms with van der Waals surface area (Å²) in [4.78, 5) is 39.4. The summed E-state index contributed by atoms with van der Waals surface area (Å²) < 4.78 is 14.9. The Morgan fingerprint density at radius 3 is 2.20 bits per heavy atom. The largest absolute Gasteiger partial charge is 0.497 e. The Hall–Kier alpha value is -2.45. The van der Waals surface area contributed by atoms with Crippen LogP contribution in [-0.4, -0.2) is 75.2 Å². The average Bonchev–Trinajstić information content (AvgIpc) is 3.28. The number of methoxy groups -OCH3 is 3. The second kappa shape index (κ2) is 6.45. The van der Waals surface area contributed by atoms with Gasteiger partial charge in [-0.25, -0.2) is 4.79 Å². The van der Waals surface area contributed by atoms with Crippen molar-refractivity contribution < 1.29 is 28.6 Å². The molecule has 3 rings (SSSR count). The van der Waals surface area contributed by atoms with Gasteiger partial charge in [0, 0.05) is 12.8 Å². The van der Waals surface area contributed by atoms with Gasteiger partial charge in [-0.3, -0.25) is 14.5 Å². The van der Waals surface area contributed by atoms with Crippen LogP contribution in [0.15, 0.2) is 24.3 Å². The van der Waals surface area contributed by atoms with Crippen LogP contribution in [0.1, 0.15) is 0 Å². The minimum Gasteiger partial charge on any atom is -0.497 e. The number of carbonyl (C=O) groups excluding carboxylic acids is 3. The highest BCUT2D eigenvalue weighted by Crippen LogP contribution is 2.42. The van der Waals surface area contributed by atoms with Crippen molar-refractivity contribution in [3.8, 4) is 5.75 Å². The number of nitrogens with zero attached hydrogens (tertiary/aromatic N) is 2. The summed E-state index contributed by atoms with van der Waals surface area (Å²) in [6, 6.07) is 5.81. The Bertz CT molecular complexity index is 704. The lowest BCUT2D eigenvalue weighted by Crippen LogP contribution is -2.69. The average molecular weight is 348 g/mol. The number of benzene rings is 1. The zero-order chi connectivity index (χ0) is 18.3. The van der Waals surface area contributed by atoms with Gasteiger partial charge in [0.1, 0.15) is 5.75 Å². The molecule has 2 aliphatic rings. The fraction of sp³-hybridized carbons (Fsp3) is 0.471. The molecule has 0 spiro atoms. The minimum absolute atomic E-state index is 0.178. The van der Waals surface area contributed by atoms with Gasteiger partial charge in [0.15, 0.2) is 6.10 Å². The Balaban J connectivity index is 1.83. The molecule has 0 saturated carbocycles. The maximum absolute atomic E-state index is 12.4. The van der Waals surface area contributed by atoms with E-state index in [-0.39, 0.29) is 18.0 Å². The number of Topliss-reactive ketones (excluding diaryl/α,β-unsaturated/α-hetero) is 1. The fourth-order valence-electron chi connectivity index (χ4n) is 3.45. The standard InChI is InChI=1S/C17H20N2O6/c1-18-11(12(18)14(20)17(22)25-4)13-15(24-3)16(21)19(13)9-5-7-10(23-2)8-6-9/h5-8,11-13,15H,1-4H3/t11-,12+,13+,15-,18?/m1/s1. The first-order valence-electron chi connectivity index (χ1n) is 7.80. The van der Waals surface area contributed by atoms with Gasteiger partial charge < -0.3 is 19.1 Å². The van der Waals surface area contributed by atoms with Crippen LogP contribution in [0.3, 0.4) is 0 Å². The lowest BCUT2D eigenvalue weighted by molar-refractivity contribution is -0.151. The van der Waals surface area contributed by atoms with Gasteiger partial charge in [-0.05, 0) is 31.3 Å². The predicted molar refractivity (Wildman–Crippen MR) is 87.4 cm³/mol. The number of amides is 1. The summed E-state index contributed by atoms with van der Waals surface area (Å²) in [6.07, 6.45) is -0.648. The molecule has 0 radical (unpaired) electrons. The van der Waals surface area contributed by atoms with Crippen molar-refractivity contribution in [2.24, 2.45) is 0 Å². The van der Waals surface area contributed by atoms with Crippen LogP contribution in [0.5, 0.6) is 5.75 Å². The van der Waals surface area contributed by atoms with E-state index in [0.29, 0.717) is 11.4 Å². The summed E-state index contributed by atoms with van der Waals surface area (Å²) in [6.45, 7) is 0. The Kier molecular flexibility index (Phi) is 4.49. The molecular formula is C17H20N2O6. The number of hydrogen-bond donors (Lipinski definition) is 0. The summed E-state index contributed by atoms with van der Waals surface area (Å²) >= 11 is 0. The fourth-order valence-corrected chi connectivity index (χ4v) is 3.45. The van der Waals surface area contributed by atoms with Gasteiger partial charge in [0.25, 0.3) is 11.7 Å². The number of rotatable bonds is 6. The second-order valence-electron chi connectivity index (χ2n) is 6.01. The zero-order valence-electron chi connectivity index (χ0n) is 14.5. The zero-order valence-corrected chi connectivity index (χ0v) is 14.5. The molecule has 2 fully saturated rings. The molecule has 25 heavy (non-hydrogen) atoms. The number of hydrogen-bond acceptors (Lipinski definition) is 7. The number of anilines is 1. The van der Waals surface area contributed by atoms with Crippen LogP contribution in [0, 0.1) is 0 Å². The van der Waals surface area contributed by atoms with Crippen molar-refractivity contribution in [2.45, 2.75) is 24.2 Å². The smallest absolute Gasteiger partial charge is 0.376 e. The minimum atomic E-state index is -0.880. The van der Waals surface area contributed by atoms with Crippen LogP contribution in [-0.2, 0) is 23.9 Å². The van der Waals surface area contributed by atoms with Crippen LogP contribution in [0.4, 0.5) is 5.69 Å². The van der Waals surface area contributed by atoms with Crippen molar-refractivity contribution in [1.29, 1.82) is 0 Å². The highest BCUT2D eigenvalue weighted by Gasteiger charge is 2.65. The molecule has 0 aliphatic carbocycles. The third kappa shape index (κ3) is 2.67. The van der Waals surface area contributed by atoms with Gasteiger partial charge in [-0.2, -0.15) is 0 Å². The highest BCUT2D eigenvalue weighted by atomic mass is 16.5. The number of ketones is 1. The second-order valence-corrected chi connectivity index (χ2v) is 6.01. The van der Waals surface area contributed by atoms with Gasteiger partial charge >= 0.3 is 5.97 Å². The van der Waals surface area contributed by atoms with Crippen molar-refractivity contribution in [1.82, 2.24) is 4.90 Å². The van der Waals surface area contributed by atoms with E-state index in [1.165, 1.54) is 14.2 Å². The Morgan fingerprint density at radius 1 is 1.04 bits per heavy atom. The van der Waals surface area contributed by atoms with E-state index in [1.54, 1.807) is 48.2 Å². The monoisotopic (exact) mass is 348 g/mol. The van der Waals surface area contributed by atoms with Gasteiger partial charge in [-0.15, -0.1) is 0 Å². The molecule has 1 aromatic rings. The summed E-state index contributed by atoms with van der Waals surface area (Å²) in [7, 11) is 5.93. The summed E-state index contributed by atoms with van der Waals surface area (Å²) in [5.74, 6) is -0.991. The lowest BCUT2D eigenvalue weighted by atomic mass is 9.91. The van der Waals surface area contributed by atoms with Crippen LogP contribution >= 0.6 is 0 Å². The molecule has 134 valence electrons. The number of β-lactam (4-membered cyclic amide) rings is 1. The van der Waals surface area contributed by atoms with E-state index in [9.17, 15) is 14.4 Å². The molecule has 2 heterocycles. The van der Waals surface area contributed by atoms with Crippen molar-refractivity contribution in [3.63, 3.8) is 0 Å². The predicted octanol–water partition coefficient (Wildman–Crippen LogP) is -0.150. The van der Waals surface area contributed by atoms with E-state index >= 15 is 0 Å².